The van der Waals surface area contributed by atoms with Crippen molar-refractivity contribution in [1.82, 2.24) is 0 Å². The Labute approximate surface area is 99.9 Å². The van der Waals surface area contributed by atoms with Crippen molar-refractivity contribution >= 4 is 11.8 Å². The Balaban J connectivity index is 2.60. The second-order valence-electron chi connectivity index (χ2n) is 5.55. The van der Waals surface area contributed by atoms with Gasteiger partial charge >= 0.3 is 0 Å². The van der Waals surface area contributed by atoms with Crippen molar-refractivity contribution in [1.29, 1.82) is 0 Å². The molecule has 0 aromatic carbocycles. The van der Waals surface area contributed by atoms with E-state index in [1.54, 1.807) is 11.1 Å². The van der Waals surface area contributed by atoms with Crippen molar-refractivity contribution in [2.45, 2.75) is 65.0 Å². The molecular formula is C14H26S. The highest BCUT2D eigenvalue weighted by Gasteiger charge is 2.26. The van der Waals surface area contributed by atoms with E-state index in [9.17, 15) is 0 Å². The number of hydrogen-bond donors (Lipinski definition) is 0. The number of allylic oxidation sites excluding steroid dienone is 2. The van der Waals surface area contributed by atoms with Gasteiger partial charge in [0.15, 0.2) is 0 Å². The molecule has 0 amide bonds. The van der Waals surface area contributed by atoms with Crippen LogP contribution in [0.4, 0.5) is 0 Å². The van der Waals surface area contributed by atoms with Gasteiger partial charge in [-0.3, -0.25) is 0 Å². The molecule has 0 radical (unpaired) electrons. The molecule has 0 heterocycles. The monoisotopic (exact) mass is 226 g/mol. The smallest absolute Gasteiger partial charge is 0.00189 e. The summed E-state index contributed by atoms with van der Waals surface area (Å²) in [6, 6.07) is 0. The van der Waals surface area contributed by atoms with Crippen LogP contribution < -0.4 is 0 Å². The van der Waals surface area contributed by atoms with Gasteiger partial charge in [-0.1, -0.05) is 31.9 Å². The minimum atomic E-state index is 0.468. The van der Waals surface area contributed by atoms with Gasteiger partial charge in [0, 0.05) is 5.25 Å². The van der Waals surface area contributed by atoms with Crippen molar-refractivity contribution in [3.05, 3.63) is 11.1 Å². The number of hydrogen-bond acceptors (Lipinski definition) is 1. The average Bonchev–Trinajstić information content (AvgIpc) is 2.19. The molecule has 0 nitrogen and oxygen atoms in total. The SMILES string of the molecule is CSC(C)CCC1=C(C)C(C)(C)CCC1. The topological polar surface area (TPSA) is 0 Å². The lowest BCUT2D eigenvalue weighted by atomic mass is 9.72. The first-order chi connectivity index (χ1) is 6.97. The van der Waals surface area contributed by atoms with Gasteiger partial charge in [-0.25, -0.2) is 0 Å². The summed E-state index contributed by atoms with van der Waals surface area (Å²) >= 11 is 1.99. The fraction of sp³-hybridized carbons (Fsp3) is 0.857. The molecule has 1 heteroatoms. The van der Waals surface area contributed by atoms with Crippen LogP contribution in [0.1, 0.15) is 59.8 Å². The Hall–Kier alpha value is 0.0900. The summed E-state index contributed by atoms with van der Waals surface area (Å²) in [5, 5.41) is 0.815. The first-order valence-corrected chi connectivity index (χ1v) is 7.48. The van der Waals surface area contributed by atoms with Gasteiger partial charge in [-0.05, 0) is 50.7 Å². The number of thioether (sulfide) groups is 1. The van der Waals surface area contributed by atoms with E-state index in [0.717, 1.165) is 5.25 Å². The molecule has 1 atom stereocenters. The summed E-state index contributed by atoms with van der Waals surface area (Å²) in [6.07, 6.45) is 9.03. The Morgan fingerprint density at radius 2 is 2.07 bits per heavy atom. The maximum absolute atomic E-state index is 2.40. The summed E-state index contributed by atoms with van der Waals surface area (Å²) in [6.45, 7) is 9.51. The molecule has 0 aliphatic heterocycles. The predicted octanol–water partition coefficient (Wildman–Crippen LogP) is 5.04. The molecule has 1 unspecified atom stereocenters. The zero-order valence-corrected chi connectivity index (χ0v) is 11.8. The van der Waals surface area contributed by atoms with Crippen LogP contribution in [0.3, 0.4) is 0 Å². The molecule has 0 spiro atoms. The zero-order chi connectivity index (χ0) is 11.5. The van der Waals surface area contributed by atoms with E-state index < -0.39 is 0 Å². The molecule has 0 bridgehead atoms. The van der Waals surface area contributed by atoms with Gasteiger partial charge in [-0.15, -0.1) is 0 Å². The number of rotatable bonds is 4. The molecular weight excluding hydrogens is 200 g/mol. The molecule has 1 rings (SSSR count). The lowest BCUT2D eigenvalue weighted by Gasteiger charge is -2.33. The second kappa shape index (κ2) is 5.43. The van der Waals surface area contributed by atoms with Crippen LogP contribution in [0.15, 0.2) is 11.1 Å². The predicted molar refractivity (Wildman–Crippen MR) is 72.5 cm³/mol. The molecule has 0 saturated heterocycles. The highest BCUT2D eigenvalue weighted by atomic mass is 32.2. The van der Waals surface area contributed by atoms with E-state index in [4.69, 9.17) is 0 Å². The van der Waals surface area contributed by atoms with Gasteiger partial charge in [0.1, 0.15) is 0 Å². The Kier molecular flexibility index (Phi) is 4.76. The Morgan fingerprint density at radius 3 is 2.67 bits per heavy atom. The van der Waals surface area contributed by atoms with Gasteiger partial charge in [-0.2, -0.15) is 11.8 Å². The molecule has 1 aliphatic carbocycles. The molecule has 1 aliphatic rings. The van der Waals surface area contributed by atoms with Crippen molar-refractivity contribution in [2.75, 3.05) is 6.26 Å². The first-order valence-electron chi connectivity index (χ1n) is 6.19. The Morgan fingerprint density at radius 1 is 1.40 bits per heavy atom. The van der Waals surface area contributed by atoms with Crippen molar-refractivity contribution in [2.24, 2.45) is 5.41 Å². The highest BCUT2D eigenvalue weighted by molar-refractivity contribution is 7.99. The fourth-order valence-corrected chi connectivity index (χ4v) is 2.76. The van der Waals surface area contributed by atoms with Crippen molar-refractivity contribution < 1.29 is 0 Å². The molecule has 15 heavy (non-hydrogen) atoms. The van der Waals surface area contributed by atoms with Crippen LogP contribution in [0.2, 0.25) is 0 Å². The van der Waals surface area contributed by atoms with Gasteiger partial charge < -0.3 is 0 Å². The largest absolute Gasteiger partial charge is 0.162 e. The third-order valence-corrected chi connectivity index (χ3v) is 5.12. The summed E-state index contributed by atoms with van der Waals surface area (Å²) in [5.74, 6) is 0. The highest BCUT2D eigenvalue weighted by Crippen LogP contribution is 2.41. The van der Waals surface area contributed by atoms with E-state index >= 15 is 0 Å². The van der Waals surface area contributed by atoms with E-state index in [1.807, 2.05) is 11.8 Å². The molecule has 88 valence electrons. The van der Waals surface area contributed by atoms with Crippen LogP contribution in [-0.2, 0) is 0 Å². The van der Waals surface area contributed by atoms with Crippen molar-refractivity contribution in [3.8, 4) is 0 Å². The third kappa shape index (κ3) is 3.55. The molecule has 0 N–H and O–H groups in total. The molecule has 0 aromatic heterocycles. The Bertz CT molecular complexity index is 238. The summed E-state index contributed by atoms with van der Waals surface area (Å²) < 4.78 is 0. The maximum atomic E-state index is 2.40. The van der Waals surface area contributed by atoms with Crippen LogP contribution in [0.25, 0.3) is 0 Å². The standard InChI is InChI=1S/C14H26S/c1-11(15-5)8-9-13-7-6-10-14(3,4)12(13)2/h11H,6-10H2,1-5H3. The normalized spacial score (nSPS) is 23.0. The molecule has 0 saturated carbocycles. The third-order valence-electron chi connectivity index (χ3n) is 4.08. The van der Waals surface area contributed by atoms with E-state index in [1.165, 1.54) is 32.1 Å². The van der Waals surface area contributed by atoms with Crippen LogP contribution >= 0.6 is 11.8 Å². The quantitative estimate of drug-likeness (QED) is 0.605. The van der Waals surface area contributed by atoms with Crippen LogP contribution in [-0.4, -0.2) is 11.5 Å². The second-order valence-corrected chi connectivity index (χ2v) is 6.83. The minimum Gasteiger partial charge on any atom is -0.162 e. The van der Waals surface area contributed by atoms with Crippen molar-refractivity contribution in [3.63, 3.8) is 0 Å². The summed E-state index contributed by atoms with van der Waals surface area (Å²) in [7, 11) is 0. The lowest BCUT2D eigenvalue weighted by Crippen LogP contribution is -2.19. The fourth-order valence-electron chi connectivity index (χ4n) is 2.41. The van der Waals surface area contributed by atoms with Gasteiger partial charge in [0.25, 0.3) is 0 Å². The minimum absolute atomic E-state index is 0.468. The summed E-state index contributed by atoms with van der Waals surface area (Å²) in [4.78, 5) is 0. The van der Waals surface area contributed by atoms with Gasteiger partial charge in [0.2, 0.25) is 0 Å². The van der Waals surface area contributed by atoms with E-state index in [-0.39, 0.29) is 0 Å². The molecule has 0 fully saturated rings. The van der Waals surface area contributed by atoms with E-state index in [0.29, 0.717) is 5.41 Å². The summed E-state index contributed by atoms with van der Waals surface area (Å²) in [5.41, 5.74) is 3.91. The molecule has 0 aromatic rings. The first kappa shape index (κ1) is 13.2. The maximum Gasteiger partial charge on any atom is 0.00189 e. The van der Waals surface area contributed by atoms with Gasteiger partial charge in [0.05, 0.1) is 0 Å². The average molecular weight is 226 g/mol. The van der Waals surface area contributed by atoms with E-state index in [2.05, 4.69) is 34.0 Å². The van der Waals surface area contributed by atoms with Crippen LogP contribution in [0.5, 0.6) is 0 Å². The van der Waals surface area contributed by atoms with Crippen LogP contribution in [0, 0.1) is 5.41 Å². The lowest BCUT2D eigenvalue weighted by molar-refractivity contribution is 0.362. The zero-order valence-electron chi connectivity index (χ0n) is 11.0.